The molecule has 2 aromatic carbocycles. The van der Waals surface area contributed by atoms with Gasteiger partial charge in [0, 0.05) is 16.6 Å². The fraction of sp³-hybridized carbons (Fsp3) is 0.250. The number of hydrogen-bond acceptors (Lipinski definition) is 2. The van der Waals surface area contributed by atoms with E-state index in [0.29, 0.717) is 23.4 Å². The van der Waals surface area contributed by atoms with E-state index in [1.807, 2.05) is 13.1 Å². The molecule has 2 rings (SSSR count). The summed E-state index contributed by atoms with van der Waals surface area (Å²) in [5.41, 5.74) is 1.52. The molecule has 106 valence electrons. The third-order valence-electron chi connectivity index (χ3n) is 3.31. The van der Waals surface area contributed by atoms with Gasteiger partial charge in [-0.2, -0.15) is 0 Å². The van der Waals surface area contributed by atoms with Gasteiger partial charge in [0.05, 0.1) is 0 Å². The van der Waals surface area contributed by atoms with Crippen LogP contribution in [0.4, 0.5) is 4.39 Å². The number of nitrogens with one attached hydrogen (secondary N) is 1. The Morgan fingerprint density at radius 3 is 2.60 bits per heavy atom. The van der Waals surface area contributed by atoms with Gasteiger partial charge < -0.3 is 10.4 Å². The van der Waals surface area contributed by atoms with Gasteiger partial charge in [-0.1, -0.05) is 29.8 Å². The number of rotatable bonds is 5. The summed E-state index contributed by atoms with van der Waals surface area (Å²) in [6, 6.07) is 11.8. The molecular weight excluding hydrogens is 277 g/mol. The maximum absolute atomic E-state index is 13.8. The van der Waals surface area contributed by atoms with Crippen LogP contribution in [-0.4, -0.2) is 18.2 Å². The van der Waals surface area contributed by atoms with Crippen molar-refractivity contribution in [1.29, 1.82) is 0 Å². The summed E-state index contributed by atoms with van der Waals surface area (Å²) in [6.07, 6.45) is 1.19. The summed E-state index contributed by atoms with van der Waals surface area (Å²) in [7, 11) is 1.84. The van der Waals surface area contributed by atoms with Gasteiger partial charge in [-0.05, 0) is 49.7 Å². The molecule has 0 aliphatic carbocycles. The van der Waals surface area contributed by atoms with Crippen molar-refractivity contribution in [3.63, 3.8) is 0 Å². The van der Waals surface area contributed by atoms with Crippen LogP contribution in [-0.2, 0) is 12.8 Å². The second kappa shape index (κ2) is 6.73. The number of aromatic hydroxyl groups is 1. The molecule has 2 nitrogen and oxygen atoms in total. The topological polar surface area (TPSA) is 32.3 Å². The van der Waals surface area contributed by atoms with E-state index in [9.17, 15) is 9.50 Å². The molecule has 0 aromatic heterocycles. The maximum Gasteiger partial charge on any atom is 0.127 e. The van der Waals surface area contributed by atoms with Crippen LogP contribution in [0.5, 0.6) is 5.75 Å². The maximum atomic E-state index is 13.8. The van der Waals surface area contributed by atoms with Gasteiger partial charge >= 0.3 is 0 Å². The first-order chi connectivity index (χ1) is 9.60. The van der Waals surface area contributed by atoms with Crippen LogP contribution in [0.2, 0.25) is 5.02 Å². The van der Waals surface area contributed by atoms with Gasteiger partial charge in [-0.25, -0.2) is 4.39 Å². The van der Waals surface area contributed by atoms with Crippen LogP contribution in [0.15, 0.2) is 42.5 Å². The SMILES string of the molecule is CNC(Cc1cccc(O)c1)Cc1c(F)cccc1Cl. The molecule has 1 unspecified atom stereocenters. The highest BCUT2D eigenvalue weighted by molar-refractivity contribution is 6.31. The molecule has 0 saturated carbocycles. The van der Waals surface area contributed by atoms with Crippen LogP contribution < -0.4 is 5.32 Å². The molecule has 0 saturated heterocycles. The molecule has 0 fully saturated rings. The monoisotopic (exact) mass is 293 g/mol. The largest absolute Gasteiger partial charge is 0.508 e. The van der Waals surface area contributed by atoms with Crippen molar-refractivity contribution in [2.24, 2.45) is 0 Å². The van der Waals surface area contributed by atoms with E-state index in [2.05, 4.69) is 5.32 Å². The molecule has 1 atom stereocenters. The first kappa shape index (κ1) is 14.8. The molecule has 2 aromatic rings. The smallest absolute Gasteiger partial charge is 0.127 e. The Labute approximate surface area is 123 Å². The lowest BCUT2D eigenvalue weighted by Crippen LogP contribution is -2.30. The van der Waals surface area contributed by atoms with E-state index in [0.717, 1.165) is 5.56 Å². The zero-order valence-corrected chi connectivity index (χ0v) is 12.0. The third kappa shape index (κ3) is 3.71. The van der Waals surface area contributed by atoms with Gasteiger partial charge in [0.25, 0.3) is 0 Å². The summed E-state index contributed by atoms with van der Waals surface area (Å²) in [5, 5.41) is 13.1. The van der Waals surface area contributed by atoms with Gasteiger partial charge in [-0.15, -0.1) is 0 Å². The molecular formula is C16H17ClFNO. The fourth-order valence-electron chi connectivity index (χ4n) is 2.22. The number of phenols is 1. The van der Waals surface area contributed by atoms with E-state index in [-0.39, 0.29) is 17.6 Å². The lowest BCUT2D eigenvalue weighted by molar-refractivity contribution is 0.473. The molecule has 0 spiro atoms. The lowest BCUT2D eigenvalue weighted by atomic mass is 9.98. The summed E-state index contributed by atoms with van der Waals surface area (Å²) in [4.78, 5) is 0. The Kier molecular flexibility index (Phi) is 4.99. The minimum absolute atomic E-state index is 0.0474. The quantitative estimate of drug-likeness (QED) is 0.883. The molecule has 0 amide bonds. The van der Waals surface area contributed by atoms with E-state index >= 15 is 0 Å². The van der Waals surface area contributed by atoms with Crippen molar-refractivity contribution in [2.45, 2.75) is 18.9 Å². The first-order valence-corrected chi connectivity index (χ1v) is 6.86. The average molecular weight is 294 g/mol. The molecule has 0 heterocycles. The third-order valence-corrected chi connectivity index (χ3v) is 3.67. The van der Waals surface area contributed by atoms with Gasteiger partial charge in [0.15, 0.2) is 0 Å². The lowest BCUT2D eigenvalue weighted by Gasteiger charge is -2.17. The predicted octanol–water partition coefficient (Wildman–Crippen LogP) is 3.56. The van der Waals surface area contributed by atoms with E-state index in [1.165, 1.54) is 6.07 Å². The second-order valence-corrected chi connectivity index (χ2v) is 5.17. The van der Waals surface area contributed by atoms with Crippen molar-refractivity contribution >= 4 is 11.6 Å². The van der Waals surface area contributed by atoms with Crippen LogP contribution in [0.3, 0.4) is 0 Å². The van der Waals surface area contributed by atoms with Crippen molar-refractivity contribution in [1.82, 2.24) is 5.32 Å². The van der Waals surface area contributed by atoms with Crippen molar-refractivity contribution in [2.75, 3.05) is 7.05 Å². The van der Waals surface area contributed by atoms with Crippen LogP contribution >= 0.6 is 11.6 Å². The van der Waals surface area contributed by atoms with E-state index in [4.69, 9.17) is 11.6 Å². The Hall–Kier alpha value is -1.58. The molecule has 0 aliphatic rings. The normalized spacial score (nSPS) is 12.3. The molecule has 20 heavy (non-hydrogen) atoms. The zero-order chi connectivity index (χ0) is 14.5. The molecule has 0 aliphatic heterocycles. The molecule has 0 radical (unpaired) electrons. The Morgan fingerprint density at radius 1 is 1.20 bits per heavy atom. The number of halogens is 2. The highest BCUT2D eigenvalue weighted by Crippen LogP contribution is 2.22. The van der Waals surface area contributed by atoms with Gasteiger partial charge in [0.1, 0.15) is 11.6 Å². The van der Waals surface area contributed by atoms with Crippen molar-refractivity contribution in [3.05, 3.63) is 64.4 Å². The Morgan fingerprint density at radius 2 is 1.95 bits per heavy atom. The first-order valence-electron chi connectivity index (χ1n) is 6.48. The van der Waals surface area contributed by atoms with Crippen LogP contribution in [0.25, 0.3) is 0 Å². The Bertz CT molecular complexity index is 568. The Balaban J connectivity index is 2.13. The van der Waals surface area contributed by atoms with Gasteiger partial charge in [-0.3, -0.25) is 0 Å². The molecule has 0 bridgehead atoms. The molecule has 2 N–H and O–H groups in total. The average Bonchev–Trinajstić information content (AvgIpc) is 2.42. The number of benzene rings is 2. The summed E-state index contributed by atoms with van der Waals surface area (Å²) >= 11 is 6.05. The minimum Gasteiger partial charge on any atom is -0.508 e. The number of hydrogen-bond donors (Lipinski definition) is 2. The minimum atomic E-state index is -0.284. The van der Waals surface area contributed by atoms with Gasteiger partial charge in [0.2, 0.25) is 0 Å². The van der Waals surface area contributed by atoms with E-state index < -0.39 is 0 Å². The van der Waals surface area contributed by atoms with E-state index in [1.54, 1.807) is 30.3 Å². The van der Waals surface area contributed by atoms with Crippen LogP contribution in [0.1, 0.15) is 11.1 Å². The second-order valence-electron chi connectivity index (χ2n) is 4.76. The predicted molar refractivity (Wildman–Crippen MR) is 79.8 cm³/mol. The van der Waals surface area contributed by atoms with Crippen molar-refractivity contribution < 1.29 is 9.50 Å². The highest BCUT2D eigenvalue weighted by Gasteiger charge is 2.14. The standard InChI is InChI=1S/C16H17ClFNO/c1-19-12(8-11-4-2-5-13(20)9-11)10-14-15(17)6-3-7-16(14)18/h2-7,9,12,19-20H,8,10H2,1H3. The summed E-state index contributed by atoms with van der Waals surface area (Å²) in [6.45, 7) is 0. The number of phenolic OH excluding ortho intramolecular Hbond substituents is 1. The van der Waals surface area contributed by atoms with Crippen molar-refractivity contribution in [3.8, 4) is 5.75 Å². The fourth-order valence-corrected chi connectivity index (χ4v) is 2.46. The highest BCUT2D eigenvalue weighted by atomic mass is 35.5. The zero-order valence-electron chi connectivity index (χ0n) is 11.2. The summed E-state index contributed by atoms with van der Waals surface area (Å²) in [5.74, 6) is -0.0464. The molecule has 4 heteroatoms. The number of likely N-dealkylation sites (N-methyl/N-ethyl adjacent to an activating group) is 1. The summed E-state index contributed by atoms with van der Waals surface area (Å²) < 4.78 is 13.8. The van der Waals surface area contributed by atoms with Crippen LogP contribution in [0, 0.1) is 5.82 Å².